The Hall–Kier alpha value is -3.06. The molecule has 0 saturated heterocycles. The van der Waals surface area contributed by atoms with Crippen molar-refractivity contribution in [3.05, 3.63) is 82.6 Å². The Bertz CT molecular complexity index is 1040. The lowest BCUT2D eigenvalue weighted by molar-refractivity contribution is -0.124. The number of aromatic nitrogens is 1. The Morgan fingerprint density at radius 1 is 1.14 bits per heavy atom. The average Bonchev–Trinajstić information content (AvgIpc) is 2.75. The number of rotatable bonds is 6. The van der Waals surface area contributed by atoms with Gasteiger partial charge in [-0.3, -0.25) is 15.0 Å². The molecule has 6 nitrogen and oxygen atoms in total. The second-order valence-corrected chi connectivity index (χ2v) is 6.79. The first-order valence-corrected chi connectivity index (χ1v) is 9.26. The van der Waals surface area contributed by atoms with E-state index in [0.717, 1.165) is 11.4 Å². The van der Waals surface area contributed by atoms with Crippen LogP contribution in [0.1, 0.15) is 5.56 Å². The molecule has 2 N–H and O–H groups in total. The molecule has 0 spiro atoms. The fraction of sp³-hybridized carbons (Fsp3) is 0.0476. The van der Waals surface area contributed by atoms with Crippen LogP contribution in [-0.4, -0.2) is 23.1 Å². The summed E-state index contributed by atoms with van der Waals surface area (Å²) in [5.41, 5.74) is 3.93. The molecule has 0 radical (unpaired) electrons. The van der Waals surface area contributed by atoms with Crippen LogP contribution in [0.4, 0.5) is 11.4 Å². The number of amides is 1. The third-order valence-electron chi connectivity index (χ3n) is 4.06. The van der Waals surface area contributed by atoms with E-state index in [-0.39, 0.29) is 0 Å². The number of ether oxygens (including phenoxy) is 1. The van der Waals surface area contributed by atoms with Gasteiger partial charge in [-0.25, -0.2) is 5.48 Å². The minimum Gasteiger partial charge on any atom is -0.457 e. The molecule has 0 aliphatic carbocycles. The molecular weight excluding hydrogens is 413 g/mol. The zero-order valence-corrected chi connectivity index (χ0v) is 16.9. The topological polar surface area (TPSA) is 74.7 Å². The number of halogens is 2. The van der Waals surface area contributed by atoms with Gasteiger partial charge < -0.3 is 9.64 Å². The lowest BCUT2D eigenvalue weighted by Crippen LogP contribution is -2.14. The maximum absolute atomic E-state index is 11.4. The summed E-state index contributed by atoms with van der Waals surface area (Å²) < 4.78 is 5.93. The van der Waals surface area contributed by atoms with Crippen LogP contribution in [0.2, 0.25) is 10.0 Å². The highest BCUT2D eigenvalue weighted by molar-refractivity contribution is 6.42. The van der Waals surface area contributed by atoms with E-state index in [0.29, 0.717) is 27.1 Å². The van der Waals surface area contributed by atoms with Gasteiger partial charge in [0.2, 0.25) is 0 Å². The van der Waals surface area contributed by atoms with Gasteiger partial charge in [0.1, 0.15) is 11.5 Å². The van der Waals surface area contributed by atoms with Crippen LogP contribution in [0.5, 0.6) is 11.5 Å². The van der Waals surface area contributed by atoms with Crippen LogP contribution in [0.3, 0.4) is 0 Å². The monoisotopic (exact) mass is 429 g/mol. The molecule has 0 unspecified atom stereocenters. The molecule has 148 valence electrons. The normalized spacial score (nSPS) is 10.8. The molecular formula is C21H17Cl2N3O3. The number of benzene rings is 2. The molecule has 1 aromatic heterocycles. The standard InChI is InChI=1S/C21H17Cl2N3O3/c1-26(16-3-2-10-24-13-16)15-5-8-20(14(11-15)4-9-21(27)25-28)29-17-6-7-18(22)19(23)12-17/h2-13,28H,1H3,(H,25,27)/b9-4+. The van der Waals surface area contributed by atoms with Gasteiger partial charge in [-0.2, -0.15) is 0 Å². The number of anilines is 2. The predicted molar refractivity (Wildman–Crippen MR) is 114 cm³/mol. The van der Waals surface area contributed by atoms with Gasteiger partial charge in [-0.1, -0.05) is 23.2 Å². The highest BCUT2D eigenvalue weighted by Crippen LogP contribution is 2.34. The SMILES string of the molecule is CN(c1cccnc1)c1ccc(Oc2ccc(Cl)c(Cl)c2)c(/C=C/C(=O)NO)c1. The van der Waals surface area contributed by atoms with Gasteiger partial charge in [0.05, 0.1) is 21.9 Å². The van der Waals surface area contributed by atoms with E-state index in [1.165, 1.54) is 6.08 Å². The van der Waals surface area contributed by atoms with Crippen LogP contribution < -0.4 is 15.1 Å². The van der Waals surface area contributed by atoms with Gasteiger partial charge >= 0.3 is 0 Å². The number of hydrogen-bond acceptors (Lipinski definition) is 5. The fourth-order valence-corrected chi connectivity index (χ4v) is 2.83. The average molecular weight is 430 g/mol. The fourth-order valence-electron chi connectivity index (χ4n) is 2.54. The summed E-state index contributed by atoms with van der Waals surface area (Å²) in [6, 6.07) is 14.2. The summed E-state index contributed by atoms with van der Waals surface area (Å²) in [6.07, 6.45) is 6.19. The first-order chi connectivity index (χ1) is 14.0. The molecule has 1 amide bonds. The van der Waals surface area contributed by atoms with Crippen molar-refractivity contribution in [2.24, 2.45) is 0 Å². The third-order valence-corrected chi connectivity index (χ3v) is 4.80. The van der Waals surface area contributed by atoms with Crippen LogP contribution in [-0.2, 0) is 4.79 Å². The highest BCUT2D eigenvalue weighted by atomic mass is 35.5. The summed E-state index contributed by atoms with van der Waals surface area (Å²) >= 11 is 12.0. The largest absolute Gasteiger partial charge is 0.457 e. The van der Waals surface area contributed by atoms with Gasteiger partial charge in [-0.15, -0.1) is 0 Å². The van der Waals surface area contributed by atoms with E-state index in [1.807, 2.05) is 36.2 Å². The Morgan fingerprint density at radius 3 is 2.66 bits per heavy atom. The maximum Gasteiger partial charge on any atom is 0.267 e. The minimum absolute atomic E-state index is 0.369. The smallest absolute Gasteiger partial charge is 0.267 e. The summed E-state index contributed by atoms with van der Waals surface area (Å²) in [5, 5.41) is 9.53. The zero-order chi connectivity index (χ0) is 20.8. The molecule has 0 bridgehead atoms. The second kappa shape index (κ2) is 9.43. The van der Waals surface area contributed by atoms with Gasteiger partial charge in [-0.05, 0) is 48.5 Å². The van der Waals surface area contributed by atoms with Gasteiger partial charge in [0.15, 0.2) is 0 Å². The van der Waals surface area contributed by atoms with E-state index < -0.39 is 5.91 Å². The van der Waals surface area contributed by atoms with Crippen molar-refractivity contribution in [1.82, 2.24) is 10.5 Å². The van der Waals surface area contributed by atoms with Gasteiger partial charge in [0.25, 0.3) is 5.91 Å². The van der Waals surface area contributed by atoms with Crippen LogP contribution in [0, 0.1) is 0 Å². The summed E-state index contributed by atoms with van der Waals surface area (Å²) in [5.74, 6) is 0.333. The van der Waals surface area contributed by atoms with Crippen LogP contribution in [0.15, 0.2) is 67.0 Å². The first kappa shape index (κ1) is 20.7. The molecule has 1 heterocycles. The Balaban J connectivity index is 1.97. The Morgan fingerprint density at radius 2 is 1.97 bits per heavy atom. The van der Waals surface area contributed by atoms with E-state index in [1.54, 1.807) is 48.2 Å². The molecule has 8 heteroatoms. The molecule has 3 rings (SSSR count). The lowest BCUT2D eigenvalue weighted by atomic mass is 10.1. The molecule has 2 aromatic carbocycles. The summed E-state index contributed by atoms with van der Waals surface area (Å²) in [6.45, 7) is 0. The molecule has 0 aliphatic heterocycles. The number of nitrogens with one attached hydrogen (secondary N) is 1. The second-order valence-electron chi connectivity index (χ2n) is 5.98. The quantitative estimate of drug-likeness (QED) is 0.308. The number of carbonyl (C=O) groups is 1. The van der Waals surface area contributed by atoms with Crippen molar-refractivity contribution in [2.45, 2.75) is 0 Å². The maximum atomic E-state index is 11.4. The third kappa shape index (κ3) is 5.26. The molecule has 0 fully saturated rings. The molecule has 29 heavy (non-hydrogen) atoms. The van der Waals surface area contributed by atoms with Crippen molar-refractivity contribution in [2.75, 3.05) is 11.9 Å². The molecule has 0 saturated carbocycles. The Kier molecular flexibility index (Phi) is 6.72. The number of pyridine rings is 1. The molecule has 0 atom stereocenters. The zero-order valence-electron chi connectivity index (χ0n) is 15.3. The minimum atomic E-state index is -0.656. The summed E-state index contributed by atoms with van der Waals surface area (Å²) in [4.78, 5) is 17.5. The van der Waals surface area contributed by atoms with E-state index in [9.17, 15) is 4.79 Å². The van der Waals surface area contributed by atoms with Crippen molar-refractivity contribution in [3.8, 4) is 11.5 Å². The van der Waals surface area contributed by atoms with Crippen LogP contribution in [0.25, 0.3) is 6.08 Å². The van der Waals surface area contributed by atoms with Crippen molar-refractivity contribution in [1.29, 1.82) is 0 Å². The highest BCUT2D eigenvalue weighted by Gasteiger charge is 2.10. The first-order valence-electron chi connectivity index (χ1n) is 8.51. The Labute approximate surface area is 177 Å². The van der Waals surface area contributed by atoms with Crippen molar-refractivity contribution < 1.29 is 14.7 Å². The summed E-state index contributed by atoms with van der Waals surface area (Å²) in [7, 11) is 1.90. The van der Waals surface area contributed by atoms with Crippen molar-refractivity contribution >= 4 is 46.6 Å². The van der Waals surface area contributed by atoms with E-state index in [4.69, 9.17) is 33.1 Å². The lowest BCUT2D eigenvalue weighted by Gasteiger charge is -2.20. The van der Waals surface area contributed by atoms with Gasteiger partial charge in [0, 0.05) is 36.6 Å². The number of hydrogen-bond donors (Lipinski definition) is 2. The van der Waals surface area contributed by atoms with Crippen LogP contribution >= 0.6 is 23.2 Å². The number of hydroxylamine groups is 1. The molecule has 0 aliphatic rings. The number of carbonyl (C=O) groups excluding carboxylic acids is 1. The van der Waals surface area contributed by atoms with E-state index >= 15 is 0 Å². The predicted octanol–water partition coefficient (Wildman–Crippen LogP) is 5.47. The van der Waals surface area contributed by atoms with Crippen molar-refractivity contribution in [3.63, 3.8) is 0 Å². The number of nitrogens with zero attached hydrogens (tertiary/aromatic N) is 2. The van der Waals surface area contributed by atoms with E-state index in [2.05, 4.69) is 4.98 Å². The molecule has 3 aromatic rings.